The van der Waals surface area contributed by atoms with Crippen molar-refractivity contribution in [2.75, 3.05) is 12.3 Å². The van der Waals surface area contributed by atoms with Crippen molar-refractivity contribution in [1.82, 2.24) is 19.5 Å². The minimum atomic E-state index is -1.61. The summed E-state index contributed by atoms with van der Waals surface area (Å²) in [5, 5.41) is 30.6. The smallest absolute Gasteiger partial charge is 0.241 e. The van der Waals surface area contributed by atoms with Gasteiger partial charge in [-0.3, -0.25) is 4.57 Å². The van der Waals surface area contributed by atoms with Crippen LogP contribution in [0.2, 0.25) is 0 Å². The van der Waals surface area contributed by atoms with E-state index in [4.69, 9.17) is 10.5 Å². The zero-order valence-corrected chi connectivity index (χ0v) is 14.1. The number of aromatic nitrogens is 4. The van der Waals surface area contributed by atoms with Gasteiger partial charge in [-0.2, -0.15) is 0 Å². The average Bonchev–Trinajstić information content (AvgIpc) is 3.36. The highest BCUT2D eigenvalue weighted by molar-refractivity contribution is 5.81. The van der Waals surface area contributed by atoms with E-state index in [9.17, 15) is 15.3 Å². The third-order valence-electron chi connectivity index (χ3n) is 5.15. The normalized spacial score (nSPS) is 32.0. The highest BCUT2D eigenvalue weighted by Crippen LogP contribution is 2.38. The van der Waals surface area contributed by atoms with E-state index in [-0.39, 0.29) is 11.7 Å². The van der Waals surface area contributed by atoms with Crippen LogP contribution in [0.1, 0.15) is 25.7 Å². The maximum absolute atomic E-state index is 10.8. The zero-order valence-electron chi connectivity index (χ0n) is 14.1. The Bertz CT molecular complexity index is 869. The Morgan fingerprint density at radius 2 is 2.04 bits per heavy atom. The number of hydrogen-bond donors (Lipinski definition) is 4. The number of imidazole rings is 1. The Labute approximate surface area is 149 Å². The van der Waals surface area contributed by atoms with Crippen molar-refractivity contribution in [1.29, 1.82) is 0 Å². The molecule has 2 aromatic rings. The molecular formula is C17H21N5O4. The Balaban J connectivity index is 1.86. The predicted molar refractivity (Wildman–Crippen MR) is 91.4 cm³/mol. The molecule has 9 heteroatoms. The van der Waals surface area contributed by atoms with Gasteiger partial charge in [0.1, 0.15) is 36.5 Å². The lowest BCUT2D eigenvalue weighted by molar-refractivity contribution is -0.103. The first-order valence-corrected chi connectivity index (χ1v) is 8.68. The van der Waals surface area contributed by atoms with E-state index in [0.717, 1.165) is 25.7 Å². The van der Waals surface area contributed by atoms with E-state index in [1.54, 1.807) is 0 Å². The molecule has 1 aliphatic heterocycles. The van der Waals surface area contributed by atoms with E-state index in [2.05, 4.69) is 26.8 Å². The molecule has 2 aliphatic rings. The van der Waals surface area contributed by atoms with Crippen LogP contribution < -0.4 is 5.73 Å². The van der Waals surface area contributed by atoms with E-state index < -0.39 is 30.6 Å². The van der Waals surface area contributed by atoms with Gasteiger partial charge in [0.15, 0.2) is 11.5 Å². The molecule has 3 heterocycles. The fourth-order valence-electron chi connectivity index (χ4n) is 3.68. The molecule has 0 spiro atoms. The van der Waals surface area contributed by atoms with Crippen molar-refractivity contribution in [2.24, 2.45) is 5.92 Å². The van der Waals surface area contributed by atoms with Crippen LogP contribution in [0.5, 0.6) is 0 Å². The summed E-state index contributed by atoms with van der Waals surface area (Å²) in [6.45, 7) is -0.450. The van der Waals surface area contributed by atoms with Gasteiger partial charge in [-0.05, 0) is 18.8 Å². The van der Waals surface area contributed by atoms with Crippen molar-refractivity contribution in [3.63, 3.8) is 0 Å². The molecular weight excluding hydrogens is 338 g/mol. The number of nitrogens with zero attached hydrogens (tertiary/aromatic N) is 4. The van der Waals surface area contributed by atoms with Crippen molar-refractivity contribution in [2.45, 2.75) is 49.7 Å². The summed E-state index contributed by atoms with van der Waals surface area (Å²) in [7, 11) is 0. The van der Waals surface area contributed by atoms with Crippen LogP contribution in [0.4, 0.5) is 5.82 Å². The van der Waals surface area contributed by atoms with Crippen molar-refractivity contribution >= 4 is 17.0 Å². The summed E-state index contributed by atoms with van der Waals surface area (Å²) >= 11 is 0. The van der Waals surface area contributed by atoms with Gasteiger partial charge in [0.2, 0.25) is 5.72 Å². The second-order valence-corrected chi connectivity index (χ2v) is 6.77. The third kappa shape index (κ3) is 2.54. The minimum Gasteiger partial charge on any atom is -0.394 e. The van der Waals surface area contributed by atoms with Crippen LogP contribution in [-0.2, 0) is 10.5 Å². The molecule has 0 amide bonds. The van der Waals surface area contributed by atoms with Gasteiger partial charge in [-0.1, -0.05) is 18.8 Å². The number of rotatable bonds is 2. The summed E-state index contributed by atoms with van der Waals surface area (Å²) in [6, 6.07) is 0. The molecule has 2 fully saturated rings. The number of nitrogens with two attached hydrogens (primary N) is 1. The Morgan fingerprint density at radius 1 is 1.27 bits per heavy atom. The number of fused-ring (bicyclic) bond motifs is 1. The summed E-state index contributed by atoms with van der Waals surface area (Å²) in [4.78, 5) is 12.3. The lowest BCUT2D eigenvalue weighted by Gasteiger charge is -2.28. The maximum Gasteiger partial charge on any atom is 0.241 e. The molecule has 5 N–H and O–H groups in total. The van der Waals surface area contributed by atoms with E-state index >= 15 is 0 Å². The molecule has 4 rings (SSSR count). The van der Waals surface area contributed by atoms with Crippen molar-refractivity contribution in [3.05, 3.63) is 12.7 Å². The fourth-order valence-corrected chi connectivity index (χ4v) is 3.68. The van der Waals surface area contributed by atoms with E-state index in [1.165, 1.54) is 17.2 Å². The largest absolute Gasteiger partial charge is 0.394 e. The highest BCUT2D eigenvalue weighted by atomic mass is 16.6. The van der Waals surface area contributed by atoms with Crippen molar-refractivity contribution < 1.29 is 20.1 Å². The molecule has 0 bridgehead atoms. The number of aliphatic hydroxyl groups excluding tert-OH is 3. The number of ether oxygens (including phenoxy) is 1. The van der Waals surface area contributed by atoms with Gasteiger partial charge in [0.25, 0.3) is 0 Å². The molecule has 4 atom stereocenters. The van der Waals surface area contributed by atoms with Crippen LogP contribution in [-0.4, -0.2) is 59.8 Å². The second kappa shape index (κ2) is 6.48. The topological polar surface area (TPSA) is 140 Å². The SMILES string of the molecule is Nc1ncnc2c1ncn2[C@]1(C#CC2CCCC2)O[C@H](CO)[C@@H](O)[C@H]1O. The quantitative estimate of drug-likeness (QED) is 0.520. The summed E-state index contributed by atoms with van der Waals surface area (Å²) in [5.74, 6) is 6.61. The monoisotopic (exact) mass is 359 g/mol. The Hall–Kier alpha value is -2.25. The maximum atomic E-state index is 10.8. The zero-order chi connectivity index (χ0) is 18.3. The number of nitrogen functional groups attached to an aromatic ring is 1. The van der Waals surface area contributed by atoms with Crippen LogP contribution in [0.3, 0.4) is 0 Å². The number of aliphatic hydroxyl groups is 3. The molecule has 0 radical (unpaired) electrons. The first-order chi connectivity index (χ1) is 12.6. The van der Waals surface area contributed by atoms with Gasteiger partial charge < -0.3 is 25.8 Å². The summed E-state index contributed by atoms with van der Waals surface area (Å²) in [5.41, 5.74) is 4.93. The Morgan fingerprint density at radius 3 is 2.73 bits per heavy atom. The number of hydrogen-bond acceptors (Lipinski definition) is 8. The van der Waals surface area contributed by atoms with Crippen LogP contribution in [0.15, 0.2) is 12.7 Å². The van der Waals surface area contributed by atoms with Gasteiger partial charge in [-0.15, -0.1) is 0 Å². The van der Waals surface area contributed by atoms with Crippen LogP contribution in [0.25, 0.3) is 11.2 Å². The van der Waals surface area contributed by atoms with Crippen LogP contribution >= 0.6 is 0 Å². The first kappa shape index (κ1) is 17.2. The predicted octanol–water partition coefficient (Wildman–Crippen LogP) is -0.632. The molecule has 1 aliphatic carbocycles. The molecule has 1 saturated heterocycles. The standard InChI is InChI=1S/C17H21N5O4/c18-15-12-16(20-8-19-15)22(9-21-12)17(6-5-10-3-1-2-4-10)14(25)13(24)11(7-23)26-17/h8-11,13-14,23-25H,1-4,7H2,(H2,18,19,20)/t11-,13-,14-,17-/m1/s1. The first-order valence-electron chi connectivity index (χ1n) is 8.68. The van der Waals surface area contributed by atoms with Crippen LogP contribution in [0, 0.1) is 17.8 Å². The molecule has 0 unspecified atom stereocenters. The lowest BCUT2D eigenvalue weighted by Crippen LogP contribution is -2.44. The van der Waals surface area contributed by atoms with Gasteiger partial charge >= 0.3 is 0 Å². The van der Waals surface area contributed by atoms with E-state index in [0.29, 0.717) is 11.2 Å². The molecule has 0 aromatic carbocycles. The van der Waals surface area contributed by atoms with Crippen molar-refractivity contribution in [3.8, 4) is 11.8 Å². The Kier molecular flexibility index (Phi) is 4.28. The number of anilines is 1. The molecule has 1 saturated carbocycles. The molecule has 26 heavy (non-hydrogen) atoms. The van der Waals surface area contributed by atoms with Gasteiger partial charge in [0, 0.05) is 5.92 Å². The summed E-state index contributed by atoms with van der Waals surface area (Å²) < 4.78 is 7.34. The minimum absolute atomic E-state index is 0.194. The van der Waals surface area contributed by atoms with Gasteiger partial charge in [-0.25, -0.2) is 15.0 Å². The second-order valence-electron chi connectivity index (χ2n) is 6.77. The lowest BCUT2D eigenvalue weighted by atomic mass is 10.0. The molecule has 2 aromatic heterocycles. The fraction of sp³-hybridized carbons (Fsp3) is 0.588. The molecule has 138 valence electrons. The van der Waals surface area contributed by atoms with E-state index in [1.807, 2.05) is 0 Å². The molecule has 9 nitrogen and oxygen atoms in total. The average molecular weight is 359 g/mol. The third-order valence-corrected chi connectivity index (χ3v) is 5.15. The summed E-state index contributed by atoms with van der Waals surface area (Å²) in [6.07, 6.45) is 3.26. The van der Waals surface area contributed by atoms with Gasteiger partial charge in [0.05, 0.1) is 6.61 Å². The highest BCUT2D eigenvalue weighted by Gasteiger charge is 2.55.